The SMILES string of the molecule is COc1cc(C=O)ccc1OC(=O)C(C)(C)C. The quantitative estimate of drug-likeness (QED) is 0.459. The fourth-order valence-corrected chi connectivity index (χ4v) is 1.09. The maximum absolute atomic E-state index is 11.7. The molecule has 0 aromatic heterocycles. The number of methoxy groups -OCH3 is 1. The number of carbonyl (C=O) groups is 2. The Bertz CT molecular complexity index is 430. The maximum atomic E-state index is 11.7. The fraction of sp³-hybridized carbons (Fsp3) is 0.385. The molecule has 0 spiro atoms. The molecule has 1 aromatic carbocycles. The molecular formula is C13H16O4. The molecule has 0 radical (unpaired) electrons. The first-order valence-corrected chi connectivity index (χ1v) is 5.24. The highest BCUT2D eigenvalue weighted by Crippen LogP contribution is 2.29. The lowest BCUT2D eigenvalue weighted by molar-refractivity contribution is -0.143. The topological polar surface area (TPSA) is 52.6 Å². The Morgan fingerprint density at radius 1 is 1.24 bits per heavy atom. The number of aldehydes is 1. The molecule has 0 unspecified atom stereocenters. The van der Waals surface area contributed by atoms with E-state index in [9.17, 15) is 9.59 Å². The van der Waals surface area contributed by atoms with E-state index in [4.69, 9.17) is 9.47 Å². The first kappa shape index (κ1) is 13.2. The van der Waals surface area contributed by atoms with Gasteiger partial charge in [-0.05, 0) is 39.0 Å². The third-order valence-corrected chi connectivity index (χ3v) is 2.14. The van der Waals surface area contributed by atoms with Crippen LogP contribution in [0.1, 0.15) is 31.1 Å². The number of carbonyl (C=O) groups excluding carboxylic acids is 2. The number of esters is 1. The zero-order valence-electron chi connectivity index (χ0n) is 10.4. The second-order valence-corrected chi connectivity index (χ2v) is 4.67. The Balaban J connectivity index is 2.99. The average molecular weight is 236 g/mol. The van der Waals surface area contributed by atoms with E-state index in [1.54, 1.807) is 32.9 Å². The van der Waals surface area contributed by atoms with Crippen LogP contribution in [0.2, 0.25) is 0 Å². The smallest absolute Gasteiger partial charge is 0.316 e. The molecule has 0 heterocycles. The Morgan fingerprint density at radius 3 is 2.35 bits per heavy atom. The van der Waals surface area contributed by atoms with E-state index < -0.39 is 5.41 Å². The minimum absolute atomic E-state index is 0.318. The second-order valence-electron chi connectivity index (χ2n) is 4.67. The Morgan fingerprint density at radius 2 is 1.88 bits per heavy atom. The van der Waals surface area contributed by atoms with Crippen molar-refractivity contribution in [2.45, 2.75) is 20.8 Å². The molecule has 0 N–H and O–H groups in total. The van der Waals surface area contributed by atoms with Crippen LogP contribution in [0.25, 0.3) is 0 Å². The zero-order valence-corrected chi connectivity index (χ0v) is 10.4. The lowest BCUT2D eigenvalue weighted by Gasteiger charge is -2.17. The molecule has 0 bridgehead atoms. The van der Waals surface area contributed by atoms with Crippen LogP contribution in [0.3, 0.4) is 0 Å². The number of ether oxygens (including phenoxy) is 2. The van der Waals surface area contributed by atoms with E-state index in [0.29, 0.717) is 23.3 Å². The normalized spacial score (nSPS) is 10.8. The van der Waals surface area contributed by atoms with Gasteiger partial charge in [-0.15, -0.1) is 0 Å². The lowest BCUT2D eigenvalue weighted by atomic mass is 9.97. The number of hydrogen-bond acceptors (Lipinski definition) is 4. The molecule has 4 nitrogen and oxygen atoms in total. The van der Waals surface area contributed by atoms with Crippen LogP contribution in [-0.4, -0.2) is 19.4 Å². The fourth-order valence-electron chi connectivity index (χ4n) is 1.09. The summed E-state index contributed by atoms with van der Waals surface area (Å²) in [6, 6.07) is 4.64. The van der Waals surface area contributed by atoms with E-state index in [1.165, 1.54) is 13.2 Å². The Labute approximate surface area is 101 Å². The lowest BCUT2D eigenvalue weighted by Crippen LogP contribution is -2.25. The largest absolute Gasteiger partial charge is 0.493 e. The van der Waals surface area contributed by atoms with Crippen molar-refractivity contribution in [3.05, 3.63) is 23.8 Å². The summed E-state index contributed by atoms with van der Waals surface area (Å²) in [4.78, 5) is 22.3. The van der Waals surface area contributed by atoms with Crippen molar-refractivity contribution in [1.82, 2.24) is 0 Å². The summed E-state index contributed by atoms with van der Waals surface area (Å²) in [6.45, 7) is 5.30. The summed E-state index contributed by atoms with van der Waals surface area (Å²) in [5.74, 6) is 0.333. The molecule has 0 fully saturated rings. The minimum Gasteiger partial charge on any atom is -0.493 e. The molecule has 0 atom stereocenters. The first-order chi connectivity index (χ1) is 7.88. The molecule has 1 rings (SSSR count). The molecule has 1 aromatic rings. The number of benzene rings is 1. The molecule has 17 heavy (non-hydrogen) atoms. The second kappa shape index (κ2) is 4.99. The van der Waals surface area contributed by atoms with Gasteiger partial charge in [0.2, 0.25) is 0 Å². The highest BCUT2D eigenvalue weighted by molar-refractivity contribution is 5.80. The molecular weight excluding hydrogens is 220 g/mol. The molecule has 92 valence electrons. The van der Waals surface area contributed by atoms with Crippen molar-refractivity contribution in [3.8, 4) is 11.5 Å². The average Bonchev–Trinajstić information content (AvgIpc) is 2.28. The third-order valence-electron chi connectivity index (χ3n) is 2.14. The van der Waals surface area contributed by atoms with E-state index >= 15 is 0 Å². The molecule has 0 saturated heterocycles. The highest BCUT2D eigenvalue weighted by atomic mass is 16.6. The molecule has 0 aliphatic heterocycles. The Hall–Kier alpha value is -1.84. The summed E-state index contributed by atoms with van der Waals surface area (Å²) in [7, 11) is 1.46. The van der Waals surface area contributed by atoms with Crippen molar-refractivity contribution in [2.75, 3.05) is 7.11 Å². The Kier molecular flexibility index (Phi) is 3.89. The summed E-state index contributed by atoms with van der Waals surface area (Å²) >= 11 is 0. The van der Waals surface area contributed by atoms with Crippen LogP contribution >= 0.6 is 0 Å². The molecule has 0 aliphatic carbocycles. The van der Waals surface area contributed by atoms with E-state index in [0.717, 1.165) is 0 Å². The van der Waals surface area contributed by atoms with E-state index in [-0.39, 0.29) is 5.97 Å². The molecule has 0 amide bonds. The highest BCUT2D eigenvalue weighted by Gasteiger charge is 2.24. The summed E-state index contributed by atoms with van der Waals surface area (Å²) in [6.07, 6.45) is 0.706. The summed E-state index contributed by atoms with van der Waals surface area (Å²) in [5.41, 5.74) is -0.119. The van der Waals surface area contributed by atoms with Gasteiger partial charge in [-0.1, -0.05) is 0 Å². The number of hydrogen-bond donors (Lipinski definition) is 0. The molecule has 0 aliphatic rings. The van der Waals surface area contributed by atoms with Crippen LogP contribution in [-0.2, 0) is 4.79 Å². The first-order valence-electron chi connectivity index (χ1n) is 5.24. The predicted molar refractivity (Wildman–Crippen MR) is 63.5 cm³/mol. The minimum atomic E-state index is -0.589. The zero-order chi connectivity index (χ0) is 13.1. The van der Waals surface area contributed by atoms with Crippen molar-refractivity contribution < 1.29 is 19.1 Å². The summed E-state index contributed by atoms with van der Waals surface area (Å²) in [5, 5.41) is 0. The van der Waals surface area contributed by atoms with Crippen LogP contribution in [0.5, 0.6) is 11.5 Å². The van der Waals surface area contributed by atoms with Gasteiger partial charge in [-0.3, -0.25) is 9.59 Å². The van der Waals surface area contributed by atoms with Gasteiger partial charge in [0.15, 0.2) is 11.5 Å². The van der Waals surface area contributed by atoms with Gasteiger partial charge < -0.3 is 9.47 Å². The van der Waals surface area contributed by atoms with Crippen molar-refractivity contribution in [2.24, 2.45) is 5.41 Å². The molecule has 0 saturated carbocycles. The van der Waals surface area contributed by atoms with Gasteiger partial charge >= 0.3 is 5.97 Å². The van der Waals surface area contributed by atoms with E-state index in [1.807, 2.05) is 0 Å². The van der Waals surface area contributed by atoms with Gasteiger partial charge in [0.1, 0.15) is 6.29 Å². The molecule has 4 heteroatoms. The maximum Gasteiger partial charge on any atom is 0.316 e. The van der Waals surface area contributed by atoms with Crippen LogP contribution < -0.4 is 9.47 Å². The van der Waals surface area contributed by atoms with Gasteiger partial charge in [0.25, 0.3) is 0 Å². The predicted octanol–water partition coefficient (Wildman–Crippen LogP) is 2.46. The van der Waals surface area contributed by atoms with Crippen LogP contribution in [0.15, 0.2) is 18.2 Å². The van der Waals surface area contributed by atoms with E-state index in [2.05, 4.69) is 0 Å². The van der Waals surface area contributed by atoms with Crippen LogP contribution in [0, 0.1) is 5.41 Å². The number of rotatable bonds is 3. The van der Waals surface area contributed by atoms with Gasteiger partial charge in [0, 0.05) is 5.56 Å². The summed E-state index contributed by atoms with van der Waals surface area (Å²) < 4.78 is 10.3. The van der Waals surface area contributed by atoms with Crippen molar-refractivity contribution >= 4 is 12.3 Å². The standard InChI is InChI=1S/C13H16O4/c1-13(2,3)12(15)17-10-6-5-9(8-14)7-11(10)16-4/h5-8H,1-4H3. The van der Waals surface area contributed by atoms with Crippen molar-refractivity contribution in [3.63, 3.8) is 0 Å². The monoisotopic (exact) mass is 236 g/mol. The van der Waals surface area contributed by atoms with Gasteiger partial charge in [0.05, 0.1) is 12.5 Å². The van der Waals surface area contributed by atoms with Crippen LogP contribution in [0.4, 0.5) is 0 Å². The third kappa shape index (κ3) is 3.31. The van der Waals surface area contributed by atoms with Gasteiger partial charge in [-0.2, -0.15) is 0 Å². The van der Waals surface area contributed by atoms with Crippen molar-refractivity contribution in [1.29, 1.82) is 0 Å². The van der Waals surface area contributed by atoms with Gasteiger partial charge in [-0.25, -0.2) is 0 Å².